The summed E-state index contributed by atoms with van der Waals surface area (Å²) < 4.78 is 2.51. The summed E-state index contributed by atoms with van der Waals surface area (Å²) in [6, 6.07) is 89.1. The second-order valence-electron chi connectivity index (χ2n) is 16.0. The summed E-state index contributed by atoms with van der Waals surface area (Å²) >= 11 is 0. The van der Waals surface area contributed by atoms with Crippen LogP contribution in [0.5, 0.6) is 0 Å². The molecule has 0 unspecified atom stereocenters. The van der Waals surface area contributed by atoms with Crippen LogP contribution in [-0.4, -0.2) is 4.57 Å². The van der Waals surface area contributed by atoms with Crippen LogP contribution in [-0.2, 0) is 5.41 Å². The highest BCUT2D eigenvalue weighted by molar-refractivity contribution is 6.19. The first-order chi connectivity index (χ1) is 30.3. The van der Waals surface area contributed by atoms with E-state index in [9.17, 15) is 0 Å². The van der Waals surface area contributed by atoms with Crippen molar-refractivity contribution in [2.75, 3.05) is 4.90 Å². The van der Waals surface area contributed by atoms with Gasteiger partial charge in [-0.1, -0.05) is 200 Å². The number of nitrogens with zero attached hydrogens (tertiary/aromatic N) is 2. The standard InChI is InChI=1S/C59H40N2/c1-5-19-41(20-6-1)48-28-16-18-32-56(48)61-57-40-47(35-38-52(57)53-36-33-42-21-13-14-29-49(42)58(53)61)60(45-26-11-4-12-27-45)46-34-37-51-50-30-15-17-31-54(50)59(55(51)39-46,43-22-7-2-8-23-43)44-24-9-3-10-25-44/h1-40H. The molecule has 0 bridgehead atoms. The lowest BCUT2D eigenvalue weighted by Crippen LogP contribution is -2.28. The molecular formula is C59H40N2. The summed E-state index contributed by atoms with van der Waals surface area (Å²) in [5.41, 5.74) is 16.3. The molecule has 0 fully saturated rings. The maximum absolute atomic E-state index is 2.51. The van der Waals surface area contributed by atoms with E-state index >= 15 is 0 Å². The molecule has 0 atom stereocenters. The van der Waals surface area contributed by atoms with Crippen LogP contribution >= 0.6 is 0 Å². The summed E-state index contributed by atoms with van der Waals surface area (Å²) in [5.74, 6) is 0. The second kappa shape index (κ2) is 14.1. The van der Waals surface area contributed by atoms with E-state index in [4.69, 9.17) is 0 Å². The van der Waals surface area contributed by atoms with Gasteiger partial charge in [-0.15, -0.1) is 0 Å². The lowest BCUT2D eigenvalue weighted by atomic mass is 9.67. The second-order valence-corrected chi connectivity index (χ2v) is 16.0. The van der Waals surface area contributed by atoms with E-state index in [1.54, 1.807) is 0 Å². The van der Waals surface area contributed by atoms with Gasteiger partial charge in [0.15, 0.2) is 0 Å². The molecule has 0 aliphatic heterocycles. The van der Waals surface area contributed by atoms with Gasteiger partial charge in [0.05, 0.1) is 22.1 Å². The number of para-hydroxylation sites is 2. The molecule has 1 aliphatic carbocycles. The molecule has 1 heterocycles. The molecule has 11 aromatic rings. The topological polar surface area (TPSA) is 8.17 Å². The fourth-order valence-electron chi connectivity index (χ4n) is 10.3. The number of rotatable bonds is 7. The number of benzene rings is 10. The number of fused-ring (bicyclic) bond motifs is 8. The van der Waals surface area contributed by atoms with Crippen LogP contribution in [0.3, 0.4) is 0 Å². The number of hydrogen-bond acceptors (Lipinski definition) is 1. The summed E-state index contributed by atoms with van der Waals surface area (Å²) in [4.78, 5) is 2.44. The SMILES string of the molecule is c1ccc(-c2ccccc2-n2c3cc(N(c4ccccc4)c4ccc5c(c4)C(c4ccccc4)(c4ccccc4)c4ccccc4-5)ccc3c3ccc4ccccc4c32)cc1. The van der Waals surface area contributed by atoms with Gasteiger partial charge in [-0.25, -0.2) is 0 Å². The maximum atomic E-state index is 2.51. The molecule has 10 aromatic carbocycles. The van der Waals surface area contributed by atoms with Crippen molar-refractivity contribution in [3.8, 4) is 27.9 Å². The monoisotopic (exact) mass is 776 g/mol. The molecule has 0 N–H and O–H groups in total. The number of anilines is 3. The third kappa shape index (κ3) is 5.36. The number of hydrogen-bond donors (Lipinski definition) is 0. The van der Waals surface area contributed by atoms with Crippen molar-refractivity contribution in [1.29, 1.82) is 0 Å². The first-order valence-electron chi connectivity index (χ1n) is 21.1. The third-order valence-electron chi connectivity index (χ3n) is 12.8. The van der Waals surface area contributed by atoms with E-state index in [1.807, 2.05) is 0 Å². The van der Waals surface area contributed by atoms with Crippen molar-refractivity contribution in [2.45, 2.75) is 5.41 Å². The van der Waals surface area contributed by atoms with E-state index in [1.165, 1.54) is 71.6 Å². The quantitative estimate of drug-likeness (QED) is 0.156. The van der Waals surface area contributed by atoms with Crippen molar-refractivity contribution in [1.82, 2.24) is 4.57 Å². The molecule has 0 saturated heterocycles. The van der Waals surface area contributed by atoms with Crippen LogP contribution in [0.15, 0.2) is 243 Å². The lowest BCUT2D eigenvalue weighted by Gasteiger charge is -2.35. The third-order valence-corrected chi connectivity index (χ3v) is 12.8. The minimum Gasteiger partial charge on any atom is -0.310 e. The average molecular weight is 777 g/mol. The van der Waals surface area contributed by atoms with Gasteiger partial charge >= 0.3 is 0 Å². The predicted molar refractivity (Wildman–Crippen MR) is 256 cm³/mol. The average Bonchev–Trinajstić information content (AvgIpc) is 3.83. The Hall–Kier alpha value is -7.94. The zero-order valence-corrected chi connectivity index (χ0v) is 33.5. The minimum absolute atomic E-state index is 0.509. The molecule has 1 aliphatic rings. The Morgan fingerprint density at radius 2 is 0.902 bits per heavy atom. The summed E-state index contributed by atoms with van der Waals surface area (Å²) in [7, 11) is 0. The Kier molecular flexibility index (Phi) is 8.11. The molecular weight excluding hydrogens is 737 g/mol. The molecule has 0 spiro atoms. The van der Waals surface area contributed by atoms with Crippen LogP contribution in [0.1, 0.15) is 22.3 Å². The van der Waals surface area contributed by atoms with Crippen LogP contribution in [0.2, 0.25) is 0 Å². The van der Waals surface area contributed by atoms with Crippen molar-refractivity contribution in [3.05, 3.63) is 265 Å². The van der Waals surface area contributed by atoms with Gasteiger partial charge in [0.1, 0.15) is 0 Å². The van der Waals surface area contributed by atoms with Gasteiger partial charge in [-0.2, -0.15) is 0 Å². The Labute approximate surface area is 355 Å². The highest BCUT2D eigenvalue weighted by atomic mass is 15.1. The number of aromatic nitrogens is 1. The fraction of sp³-hybridized carbons (Fsp3) is 0.0169. The smallest absolute Gasteiger partial charge is 0.0714 e. The first-order valence-corrected chi connectivity index (χ1v) is 21.1. The van der Waals surface area contributed by atoms with Crippen molar-refractivity contribution in [2.24, 2.45) is 0 Å². The van der Waals surface area contributed by atoms with E-state index in [0.29, 0.717) is 0 Å². The van der Waals surface area contributed by atoms with Crippen LogP contribution < -0.4 is 4.90 Å². The predicted octanol–water partition coefficient (Wildman–Crippen LogP) is 15.4. The van der Waals surface area contributed by atoms with Crippen LogP contribution in [0.4, 0.5) is 17.1 Å². The van der Waals surface area contributed by atoms with E-state index < -0.39 is 5.41 Å². The van der Waals surface area contributed by atoms with Gasteiger partial charge < -0.3 is 9.47 Å². The van der Waals surface area contributed by atoms with Gasteiger partial charge in [0, 0.05) is 38.8 Å². The Morgan fingerprint density at radius 1 is 0.344 bits per heavy atom. The molecule has 0 amide bonds. The summed E-state index contributed by atoms with van der Waals surface area (Å²) in [5, 5.41) is 4.91. The van der Waals surface area contributed by atoms with Crippen molar-refractivity contribution >= 4 is 49.6 Å². The highest BCUT2D eigenvalue weighted by Crippen LogP contribution is 2.57. The van der Waals surface area contributed by atoms with Crippen LogP contribution in [0.25, 0.3) is 60.5 Å². The van der Waals surface area contributed by atoms with E-state index in [-0.39, 0.29) is 0 Å². The molecule has 61 heavy (non-hydrogen) atoms. The molecule has 286 valence electrons. The van der Waals surface area contributed by atoms with Gasteiger partial charge in [0.25, 0.3) is 0 Å². The van der Waals surface area contributed by atoms with Crippen molar-refractivity contribution in [3.63, 3.8) is 0 Å². The molecule has 0 saturated carbocycles. The molecule has 12 rings (SSSR count). The first kappa shape index (κ1) is 35.0. The van der Waals surface area contributed by atoms with Gasteiger partial charge in [-0.05, 0) is 86.8 Å². The van der Waals surface area contributed by atoms with E-state index in [0.717, 1.165) is 28.3 Å². The zero-order chi connectivity index (χ0) is 40.3. The van der Waals surface area contributed by atoms with Crippen LogP contribution in [0, 0.1) is 0 Å². The Balaban J connectivity index is 1.14. The Morgan fingerprint density at radius 3 is 1.66 bits per heavy atom. The molecule has 0 radical (unpaired) electrons. The maximum Gasteiger partial charge on any atom is 0.0714 e. The largest absolute Gasteiger partial charge is 0.310 e. The van der Waals surface area contributed by atoms with E-state index in [2.05, 4.69) is 252 Å². The summed E-state index contributed by atoms with van der Waals surface area (Å²) in [6.45, 7) is 0. The molecule has 2 nitrogen and oxygen atoms in total. The molecule has 1 aromatic heterocycles. The highest BCUT2D eigenvalue weighted by Gasteiger charge is 2.46. The fourth-order valence-corrected chi connectivity index (χ4v) is 10.3. The minimum atomic E-state index is -0.509. The van der Waals surface area contributed by atoms with Gasteiger partial charge in [0.2, 0.25) is 0 Å². The lowest BCUT2D eigenvalue weighted by molar-refractivity contribution is 0.768. The Bertz CT molecular complexity index is 3360. The summed E-state index contributed by atoms with van der Waals surface area (Å²) in [6.07, 6.45) is 0. The van der Waals surface area contributed by atoms with Gasteiger partial charge in [-0.3, -0.25) is 0 Å². The van der Waals surface area contributed by atoms with Crippen molar-refractivity contribution < 1.29 is 0 Å². The molecule has 2 heteroatoms. The zero-order valence-electron chi connectivity index (χ0n) is 33.5. The normalized spacial score (nSPS) is 12.7.